The fourth-order valence-corrected chi connectivity index (χ4v) is 1.27. The molecule has 1 N–H and O–H groups in total. The van der Waals surface area contributed by atoms with Gasteiger partial charge < -0.3 is 10.1 Å². The van der Waals surface area contributed by atoms with Crippen LogP contribution in [0.3, 0.4) is 0 Å². The summed E-state index contributed by atoms with van der Waals surface area (Å²) in [6.07, 6.45) is 2.89. The molecule has 0 fully saturated rings. The Morgan fingerprint density at radius 1 is 1.50 bits per heavy atom. The molecule has 0 saturated heterocycles. The summed E-state index contributed by atoms with van der Waals surface area (Å²) in [4.78, 5) is 0. The molecule has 1 aromatic carbocycles. The number of anilines is 1. The van der Waals surface area contributed by atoms with Gasteiger partial charge in [-0.25, -0.2) is 0 Å². The van der Waals surface area contributed by atoms with E-state index in [1.807, 2.05) is 24.3 Å². The zero-order valence-corrected chi connectivity index (χ0v) is 8.84. The Labute approximate surface area is 85.6 Å². The SMILES string of the molecule is C=CCCNc1ccc(OC)cc1C. The number of ether oxygens (including phenoxy) is 1. The Morgan fingerprint density at radius 3 is 2.86 bits per heavy atom. The van der Waals surface area contributed by atoms with Crippen molar-refractivity contribution in [1.82, 2.24) is 0 Å². The second kappa shape index (κ2) is 5.32. The van der Waals surface area contributed by atoms with Gasteiger partial charge in [0.2, 0.25) is 0 Å². The van der Waals surface area contributed by atoms with E-state index < -0.39 is 0 Å². The van der Waals surface area contributed by atoms with Crippen molar-refractivity contribution in [2.24, 2.45) is 0 Å². The van der Waals surface area contributed by atoms with E-state index in [-0.39, 0.29) is 0 Å². The summed E-state index contributed by atoms with van der Waals surface area (Å²) in [5, 5.41) is 3.34. The summed E-state index contributed by atoms with van der Waals surface area (Å²) in [5.74, 6) is 0.900. The summed E-state index contributed by atoms with van der Waals surface area (Å²) in [7, 11) is 1.68. The van der Waals surface area contributed by atoms with Crippen molar-refractivity contribution in [2.75, 3.05) is 19.0 Å². The van der Waals surface area contributed by atoms with Crippen molar-refractivity contribution in [2.45, 2.75) is 13.3 Å². The number of methoxy groups -OCH3 is 1. The predicted molar refractivity (Wildman–Crippen MR) is 61.0 cm³/mol. The topological polar surface area (TPSA) is 21.3 Å². The first-order valence-corrected chi connectivity index (χ1v) is 4.77. The Morgan fingerprint density at radius 2 is 2.29 bits per heavy atom. The van der Waals surface area contributed by atoms with Gasteiger partial charge in [0, 0.05) is 12.2 Å². The molecule has 0 radical (unpaired) electrons. The van der Waals surface area contributed by atoms with Gasteiger partial charge in [-0.2, -0.15) is 0 Å². The van der Waals surface area contributed by atoms with E-state index in [0.717, 1.165) is 24.4 Å². The lowest BCUT2D eigenvalue weighted by Crippen LogP contribution is -2.01. The lowest BCUT2D eigenvalue weighted by Gasteiger charge is -2.09. The lowest BCUT2D eigenvalue weighted by atomic mass is 10.2. The molecule has 2 nitrogen and oxygen atoms in total. The van der Waals surface area contributed by atoms with Crippen LogP contribution in [-0.4, -0.2) is 13.7 Å². The number of nitrogens with one attached hydrogen (secondary N) is 1. The zero-order chi connectivity index (χ0) is 10.4. The maximum absolute atomic E-state index is 5.13. The minimum Gasteiger partial charge on any atom is -0.497 e. The van der Waals surface area contributed by atoms with Crippen molar-refractivity contribution >= 4 is 5.69 Å². The fraction of sp³-hybridized carbons (Fsp3) is 0.333. The molecule has 0 aromatic heterocycles. The smallest absolute Gasteiger partial charge is 0.119 e. The Bertz CT molecular complexity index is 307. The molecule has 2 heteroatoms. The highest BCUT2D eigenvalue weighted by atomic mass is 16.5. The molecule has 0 aliphatic carbocycles. The average Bonchev–Trinajstić information content (AvgIpc) is 2.20. The highest BCUT2D eigenvalue weighted by Crippen LogP contribution is 2.20. The molecule has 0 amide bonds. The molecule has 0 spiro atoms. The van der Waals surface area contributed by atoms with Gasteiger partial charge in [0.25, 0.3) is 0 Å². The van der Waals surface area contributed by atoms with Gasteiger partial charge in [0.15, 0.2) is 0 Å². The van der Waals surface area contributed by atoms with Crippen LogP contribution >= 0.6 is 0 Å². The van der Waals surface area contributed by atoms with Crippen LogP contribution in [0.5, 0.6) is 5.75 Å². The third-order valence-corrected chi connectivity index (χ3v) is 2.10. The number of rotatable bonds is 5. The van der Waals surface area contributed by atoms with E-state index in [0.29, 0.717) is 0 Å². The van der Waals surface area contributed by atoms with Crippen LogP contribution < -0.4 is 10.1 Å². The van der Waals surface area contributed by atoms with E-state index in [9.17, 15) is 0 Å². The second-order valence-corrected chi connectivity index (χ2v) is 3.18. The Hall–Kier alpha value is -1.44. The van der Waals surface area contributed by atoms with Gasteiger partial charge >= 0.3 is 0 Å². The zero-order valence-electron chi connectivity index (χ0n) is 8.84. The first kappa shape index (κ1) is 10.6. The van der Waals surface area contributed by atoms with Crippen LogP contribution in [0.4, 0.5) is 5.69 Å². The third kappa shape index (κ3) is 2.80. The van der Waals surface area contributed by atoms with Crippen LogP contribution in [0.1, 0.15) is 12.0 Å². The fourth-order valence-electron chi connectivity index (χ4n) is 1.27. The van der Waals surface area contributed by atoms with E-state index in [2.05, 4.69) is 18.8 Å². The largest absolute Gasteiger partial charge is 0.497 e. The maximum atomic E-state index is 5.13. The monoisotopic (exact) mass is 191 g/mol. The molecule has 0 atom stereocenters. The van der Waals surface area contributed by atoms with Crippen molar-refractivity contribution < 1.29 is 4.74 Å². The van der Waals surface area contributed by atoms with Gasteiger partial charge in [-0.1, -0.05) is 6.08 Å². The number of benzene rings is 1. The molecular weight excluding hydrogens is 174 g/mol. The van der Waals surface area contributed by atoms with Crippen molar-refractivity contribution in [3.8, 4) is 5.75 Å². The van der Waals surface area contributed by atoms with Crippen LogP contribution in [0.25, 0.3) is 0 Å². The van der Waals surface area contributed by atoms with Crippen molar-refractivity contribution in [3.05, 3.63) is 36.4 Å². The van der Waals surface area contributed by atoms with Crippen LogP contribution in [0.15, 0.2) is 30.9 Å². The van der Waals surface area contributed by atoms with Crippen LogP contribution in [0, 0.1) is 6.92 Å². The van der Waals surface area contributed by atoms with Crippen LogP contribution in [-0.2, 0) is 0 Å². The van der Waals surface area contributed by atoms with Crippen molar-refractivity contribution in [1.29, 1.82) is 0 Å². The molecule has 76 valence electrons. The highest BCUT2D eigenvalue weighted by Gasteiger charge is 1.98. The van der Waals surface area contributed by atoms with Gasteiger partial charge in [0.05, 0.1) is 7.11 Å². The Kier molecular flexibility index (Phi) is 4.05. The summed E-state index contributed by atoms with van der Waals surface area (Å²) in [6, 6.07) is 6.02. The van der Waals surface area contributed by atoms with E-state index in [1.54, 1.807) is 7.11 Å². The molecule has 1 aromatic rings. The quantitative estimate of drug-likeness (QED) is 0.570. The van der Waals surface area contributed by atoms with E-state index >= 15 is 0 Å². The molecule has 0 bridgehead atoms. The molecule has 0 saturated carbocycles. The molecule has 1 rings (SSSR count). The summed E-state index contributed by atoms with van der Waals surface area (Å²) < 4.78 is 5.13. The van der Waals surface area contributed by atoms with Gasteiger partial charge in [-0.3, -0.25) is 0 Å². The third-order valence-electron chi connectivity index (χ3n) is 2.10. The van der Waals surface area contributed by atoms with Crippen molar-refractivity contribution in [3.63, 3.8) is 0 Å². The summed E-state index contributed by atoms with van der Waals surface area (Å²) in [5.41, 5.74) is 2.36. The standard InChI is InChI=1S/C12H17NO/c1-4-5-8-13-12-7-6-11(14-3)9-10(12)2/h4,6-7,9,13H,1,5,8H2,2-3H3. The molecule has 14 heavy (non-hydrogen) atoms. The van der Waals surface area contributed by atoms with Gasteiger partial charge in [-0.05, 0) is 37.1 Å². The maximum Gasteiger partial charge on any atom is 0.119 e. The molecule has 0 unspecified atom stereocenters. The molecule has 0 aliphatic heterocycles. The Balaban J connectivity index is 2.63. The first-order chi connectivity index (χ1) is 6.77. The van der Waals surface area contributed by atoms with Gasteiger partial charge in [-0.15, -0.1) is 6.58 Å². The molecule has 0 aliphatic rings. The van der Waals surface area contributed by atoms with E-state index in [1.165, 1.54) is 5.56 Å². The van der Waals surface area contributed by atoms with Crippen LogP contribution in [0.2, 0.25) is 0 Å². The average molecular weight is 191 g/mol. The van der Waals surface area contributed by atoms with E-state index in [4.69, 9.17) is 4.74 Å². The molecule has 0 heterocycles. The van der Waals surface area contributed by atoms with Gasteiger partial charge in [0.1, 0.15) is 5.75 Å². The highest BCUT2D eigenvalue weighted by molar-refractivity contribution is 5.53. The number of aryl methyl sites for hydroxylation is 1. The minimum absolute atomic E-state index is 0.900. The number of hydrogen-bond donors (Lipinski definition) is 1. The lowest BCUT2D eigenvalue weighted by molar-refractivity contribution is 0.414. The summed E-state index contributed by atoms with van der Waals surface area (Å²) >= 11 is 0. The number of hydrogen-bond acceptors (Lipinski definition) is 2. The first-order valence-electron chi connectivity index (χ1n) is 4.77. The predicted octanol–water partition coefficient (Wildman–Crippen LogP) is 2.99. The second-order valence-electron chi connectivity index (χ2n) is 3.18. The molecular formula is C12H17NO. The minimum atomic E-state index is 0.900. The normalized spacial score (nSPS) is 9.57. The summed E-state index contributed by atoms with van der Waals surface area (Å²) in [6.45, 7) is 6.68.